The van der Waals surface area contributed by atoms with E-state index >= 15 is 0 Å². The number of thiocarbonyl (C=S) groups is 1. The van der Waals surface area contributed by atoms with Gasteiger partial charge in [0.05, 0.1) is 24.6 Å². The van der Waals surface area contributed by atoms with Crippen molar-refractivity contribution >= 4 is 34.4 Å². The summed E-state index contributed by atoms with van der Waals surface area (Å²) in [5.41, 5.74) is 0.778. The Kier molecular flexibility index (Phi) is 6.14. The zero-order valence-corrected chi connectivity index (χ0v) is 14.9. The SMILES string of the molecule is Fc1ccc(NC(=S)NC[C@@H](c2cccs2)[NH+]2CCOCC2)cc1. The summed E-state index contributed by atoms with van der Waals surface area (Å²) in [4.78, 5) is 2.87. The molecule has 128 valence electrons. The number of rotatable bonds is 5. The topological polar surface area (TPSA) is 37.7 Å². The molecular weight excluding hydrogens is 345 g/mol. The van der Waals surface area contributed by atoms with Gasteiger partial charge in [0.2, 0.25) is 0 Å². The largest absolute Gasteiger partial charge is 0.370 e. The Hall–Kier alpha value is -1.54. The monoisotopic (exact) mass is 366 g/mol. The summed E-state index contributed by atoms with van der Waals surface area (Å²) in [5.74, 6) is -0.256. The molecule has 7 heteroatoms. The van der Waals surface area contributed by atoms with E-state index in [1.165, 1.54) is 21.9 Å². The Morgan fingerprint density at radius 2 is 2.00 bits per heavy atom. The van der Waals surface area contributed by atoms with Gasteiger partial charge in [0.25, 0.3) is 0 Å². The number of hydrogen-bond acceptors (Lipinski definition) is 3. The van der Waals surface area contributed by atoms with Gasteiger partial charge in [0.15, 0.2) is 5.11 Å². The van der Waals surface area contributed by atoms with E-state index in [2.05, 4.69) is 28.1 Å². The number of quaternary nitrogens is 1. The fourth-order valence-electron chi connectivity index (χ4n) is 2.82. The predicted molar refractivity (Wildman–Crippen MR) is 99.2 cm³/mol. The van der Waals surface area contributed by atoms with Crippen LogP contribution in [-0.2, 0) is 4.74 Å². The van der Waals surface area contributed by atoms with Gasteiger partial charge in [-0.05, 0) is 47.9 Å². The zero-order valence-electron chi connectivity index (χ0n) is 13.3. The van der Waals surface area contributed by atoms with Crippen LogP contribution < -0.4 is 15.5 Å². The molecule has 0 amide bonds. The van der Waals surface area contributed by atoms with Crippen molar-refractivity contribution in [3.05, 3.63) is 52.5 Å². The molecule has 0 radical (unpaired) electrons. The Balaban J connectivity index is 1.58. The van der Waals surface area contributed by atoms with Crippen molar-refractivity contribution in [1.29, 1.82) is 0 Å². The smallest absolute Gasteiger partial charge is 0.171 e. The Labute approximate surface area is 150 Å². The molecule has 2 aromatic rings. The Morgan fingerprint density at radius 1 is 1.25 bits per heavy atom. The fourth-order valence-corrected chi connectivity index (χ4v) is 3.91. The fraction of sp³-hybridized carbons (Fsp3) is 0.353. The minimum absolute atomic E-state index is 0.256. The van der Waals surface area contributed by atoms with E-state index in [0.717, 1.165) is 38.5 Å². The van der Waals surface area contributed by atoms with E-state index in [-0.39, 0.29) is 5.82 Å². The molecule has 0 unspecified atom stereocenters. The lowest BCUT2D eigenvalue weighted by Gasteiger charge is -2.31. The van der Waals surface area contributed by atoms with Crippen molar-refractivity contribution in [3.63, 3.8) is 0 Å². The number of anilines is 1. The molecule has 0 bridgehead atoms. The maximum atomic E-state index is 13.0. The predicted octanol–water partition coefficient (Wildman–Crippen LogP) is 1.83. The molecule has 1 fully saturated rings. The quantitative estimate of drug-likeness (QED) is 0.706. The Bertz CT molecular complexity index is 642. The molecule has 1 aliphatic heterocycles. The van der Waals surface area contributed by atoms with Gasteiger partial charge >= 0.3 is 0 Å². The van der Waals surface area contributed by atoms with Crippen LogP contribution in [0.4, 0.5) is 10.1 Å². The zero-order chi connectivity index (χ0) is 16.8. The van der Waals surface area contributed by atoms with Gasteiger partial charge in [-0.15, -0.1) is 11.3 Å². The average molecular weight is 367 g/mol. The van der Waals surface area contributed by atoms with E-state index in [1.807, 2.05) is 0 Å². The highest BCUT2D eigenvalue weighted by atomic mass is 32.1. The van der Waals surface area contributed by atoms with Crippen molar-refractivity contribution in [3.8, 4) is 0 Å². The minimum Gasteiger partial charge on any atom is -0.370 e. The number of halogens is 1. The molecule has 4 nitrogen and oxygen atoms in total. The lowest BCUT2D eigenvalue weighted by molar-refractivity contribution is -0.937. The Morgan fingerprint density at radius 3 is 2.67 bits per heavy atom. The molecule has 1 saturated heterocycles. The van der Waals surface area contributed by atoms with E-state index in [0.29, 0.717) is 11.2 Å². The molecule has 0 spiro atoms. The second-order valence-corrected chi connectivity index (χ2v) is 7.07. The highest BCUT2D eigenvalue weighted by Gasteiger charge is 2.27. The molecule has 1 aromatic carbocycles. The number of thiophene rings is 1. The maximum absolute atomic E-state index is 13.0. The van der Waals surface area contributed by atoms with Crippen molar-refractivity contribution in [2.75, 3.05) is 38.2 Å². The summed E-state index contributed by atoms with van der Waals surface area (Å²) in [6, 6.07) is 10.8. The summed E-state index contributed by atoms with van der Waals surface area (Å²) in [6.07, 6.45) is 0. The number of hydrogen-bond donors (Lipinski definition) is 3. The van der Waals surface area contributed by atoms with E-state index in [4.69, 9.17) is 17.0 Å². The molecule has 24 heavy (non-hydrogen) atoms. The molecule has 2 heterocycles. The van der Waals surface area contributed by atoms with Gasteiger partial charge in [0.1, 0.15) is 24.9 Å². The molecule has 0 saturated carbocycles. The first-order valence-corrected chi connectivity index (χ1v) is 9.27. The van der Waals surface area contributed by atoms with Gasteiger partial charge in [-0.1, -0.05) is 6.07 Å². The summed E-state index contributed by atoms with van der Waals surface area (Å²) < 4.78 is 18.4. The van der Waals surface area contributed by atoms with Crippen LogP contribution >= 0.6 is 23.6 Å². The van der Waals surface area contributed by atoms with Crippen LogP contribution in [0.15, 0.2) is 41.8 Å². The van der Waals surface area contributed by atoms with Crippen LogP contribution in [0.2, 0.25) is 0 Å². The van der Waals surface area contributed by atoms with Crippen molar-refractivity contribution < 1.29 is 14.0 Å². The average Bonchev–Trinajstić information content (AvgIpc) is 3.12. The third-order valence-corrected chi connectivity index (χ3v) is 5.32. The van der Waals surface area contributed by atoms with Crippen molar-refractivity contribution in [2.45, 2.75) is 6.04 Å². The highest BCUT2D eigenvalue weighted by Crippen LogP contribution is 2.16. The number of nitrogens with one attached hydrogen (secondary N) is 3. The first-order valence-electron chi connectivity index (χ1n) is 7.98. The van der Waals surface area contributed by atoms with Crippen molar-refractivity contribution in [2.24, 2.45) is 0 Å². The van der Waals surface area contributed by atoms with E-state index in [1.54, 1.807) is 23.5 Å². The molecule has 1 atom stereocenters. The van der Waals surface area contributed by atoms with Gasteiger partial charge in [-0.3, -0.25) is 0 Å². The van der Waals surface area contributed by atoms with Gasteiger partial charge in [-0.25, -0.2) is 4.39 Å². The third kappa shape index (κ3) is 4.73. The van der Waals surface area contributed by atoms with Crippen LogP contribution in [0, 0.1) is 5.82 Å². The highest BCUT2D eigenvalue weighted by molar-refractivity contribution is 7.80. The number of morpholine rings is 1. The molecule has 0 aliphatic carbocycles. The first-order chi connectivity index (χ1) is 11.7. The lowest BCUT2D eigenvalue weighted by atomic mass is 10.2. The van der Waals surface area contributed by atoms with Crippen LogP contribution in [0.5, 0.6) is 0 Å². The normalized spacial score (nSPS) is 16.5. The van der Waals surface area contributed by atoms with Crippen LogP contribution in [0.25, 0.3) is 0 Å². The summed E-state index contributed by atoms with van der Waals surface area (Å²) in [7, 11) is 0. The van der Waals surface area contributed by atoms with E-state index in [9.17, 15) is 4.39 Å². The standard InChI is InChI=1S/C17H20FN3OS2/c18-13-3-5-14(6-4-13)20-17(23)19-12-15(16-2-1-11-24-16)21-7-9-22-10-8-21/h1-6,11,15H,7-10,12H2,(H2,19,20,23)/p+1/t15-/m0/s1. The lowest BCUT2D eigenvalue weighted by Crippen LogP contribution is -3.15. The second kappa shape index (κ2) is 8.53. The van der Waals surface area contributed by atoms with Crippen molar-refractivity contribution in [1.82, 2.24) is 5.32 Å². The summed E-state index contributed by atoms with van der Waals surface area (Å²) >= 11 is 7.15. The summed E-state index contributed by atoms with van der Waals surface area (Å²) in [6.45, 7) is 4.36. The number of benzene rings is 1. The first kappa shape index (κ1) is 17.3. The van der Waals surface area contributed by atoms with E-state index < -0.39 is 0 Å². The summed E-state index contributed by atoms with van der Waals surface area (Å²) in [5, 5.41) is 9.06. The third-order valence-electron chi connectivity index (χ3n) is 4.08. The maximum Gasteiger partial charge on any atom is 0.171 e. The van der Waals surface area contributed by atoms with Crippen LogP contribution in [0.3, 0.4) is 0 Å². The van der Waals surface area contributed by atoms with Gasteiger partial charge in [0, 0.05) is 5.69 Å². The molecule has 1 aliphatic rings. The van der Waals surface area contributed by atoms with Crippen LogP contribution in [-0.4, -0.2) is 38.0 Å². The second-order valence-electron chi connectivity index (χ2n) is 5.68. The van der Waals surface area contributed by atoms with Crippen LogP contribution in [0.1, 0.15) is 10.9 Å². The molecule has 3 rings (SSSR count). The molecule has 1 aromatic heterocycles. The van der Waals surface area contributed by atoms with Gasteiger partial charge in [-0.2, -0.15) is 0 Å². The van der Waals surface area contributed by atoms with Gasteiger partial charge < -0.3 is 20.3 Å². The molecule has 3 N–H and O–H groups in total. The molecular formula is C17H21FN3OS2+. The minimum atomic E-state index is -0.256. The number of ether oxygens (including phenoxy) is 1.